The first-order valence-electron chi connectivity index (χ1n) is 5.95. The highest BCUT2D eigenvalue weighted by Gasteiger charge is 2.23. The predicted octanol–water partition coefficient (Wildman–Crippen LogP) is 0.902. The smallest absolute Gasteiger partial charge is 0.185 e. The molecule has 1 aliphatic rings. The van der Waals surface area contributed by atoms with Gasteiger partial charge in [-0.1, -0.05) is 0 Å². The number of nitrogens with one attached hydrogen (secondary N) is 2. The van der Waals surface area contributed by atoms with E-state index in [0.717, 1.165) is 30.9 Å². The average molecular weight is 249 g/mol. The van der Waals surface area contributed by atoms with Crippen LogP contribution >= 0.6 is 0 Å². The minimum absolute atomic E-state index is 0.0288. The summed E-state index contributed by atoms with van der Waals surface area (Å²) in [6, 6.07) is 4.09. The molecule has 1 aliphatic carbocycles. The van der Waals surface area contributed by atoms with Crippen molar-refractivity contribution in [3.05, 3.63) is 23.3 Å². The van der Waals surface area contributed by atoms with E-state index >= 15 is 0 Å². The van der Waals surface area contributed by atoms with Crippen molar-refractivity contribution in [2.24, 2.45) is 11.7 Å². The highest BCUT2D eigenvalue weighted by atomic mass is 16.5. The summed E-state index contributed by atoms with van der Waals surface area (Å²) in [5.41, 5.74) is 7.89. The van der Waals surface area contributed by atoms with E-state index in [1.807, 2.05) is 12.1 Å². The molecule has 4 N–H and O–H groups in total. The van der Waals surface area contributed by atoms with Gasteiger partial charge in [-0.05, 0) is 42.0 Å². The first-order chi connectivity index (χ1) is 8.63. The quantitative estimate of drug-likeness (QED) is 0.547. The second-order valence-corrected chi connectivity index (χ2v) is 4.54. The number of rotatable bonds is 4. The van der Waals surface area contributed by atoms with Crippen molar-refractivity contribution in [1.29, 1.82) is 5.41 Å². The summed E-state index contributed by atoms with van der Waals surface area (Å²) in [6.07, 6.45) is 1.96. The monoisotopic (exact) mass is 249 g/mol. The van der Waals surface area contributed by atoms with Gasteiger partial charge in [-0.3, -0.25) is 5.41 Å². The van der Waals surface area contributed by atoms with E-state index in [1.54, 1.807) is 14.2 Å². The predicted molar refractivity (Wildman–Crippen MR) is 70.4 cm³/mol. The van der Waals surface area contributed by atoms with Crippen molar-refractivity contribution in [3.63, 3.8) is 0 Å². The lowest BCUT2D eigenvalue weighted by Gasteiger charge is -2.09. The molecule has 1 aromatic carbocycles. The van der Waals surface area contributed by atoms with Crippen LogP contribution in [0.5, 0.6) is 11.5 Å². The minimum Gasteiger partial charge on any atom is -0.493 e. The molecule has 0 fully saturated rings. The second-order valence-electron chi connectivity index (χ2n) is 4.54. The Morgan fingerprint density at radius 1 is 1.28 bits per heavy atom. The van der Waals surface area contributed by atoms with Crippen LogP contribution in [0.15, 0.2) is 12.1 Å². The normalized spacial score (nSPS) is 14.1. The molecule has 0 radical (unpaired) electrons. The lowest BCUT2D eigenvalue weighted by molar-refractivity contribution is 0.354. The molecule has 0 aromatic heterocycles. The first kappa shape index (κ1) is 12.5. The fourth-order valence-electron chi connectivity index (χ4n) is 2.44. The van der Waals surface area contributed by atoms with E-state index in [-0.39, 0.29) is 5.96 Å². The van der Waals surface area contributed by atoms with Gasteiger partial charge in [0.1, 0.15) is 0 Å². The maximum atomic E-state index is 7.17. The zero-order valence-electron chi connectivity index (χ0n) is 10.7. The summed E-state index contributed by atoms with van der Waals surface area (Å²) in [6.45, 7) is 0.731. The number of hydrogen-bond donors (Lipinski definition) is 3. The molecule has 0 spiro atoms. The first-order valence-corrected chi connectivity index (χ1v) is 5.95. The Balaban J connectivity index is 2.12. The van der Waals surface area contributed by atoms with Gasteiger partial charge < -0.3 is 20.5 Å². The molecular formula is C13H19N3O2. The van der Waals surface area contributed by atoms with Crippen LogP contribution in [0.1, 0.15) is 11.1 Å². The van der Waals surface area contributed by atoms with Crippen LogP contribution < -0.4 is 20.5 Å². The summed E-state index contributed by atoms with van der Waals surface area (Å²) >= 11 is 0. The molecule has 98 valence electrons. The van der Waals surface area contributed by atoms with Crippen molar-refractivity contribution in [2.45, 2.75) is 12.8 Å². The summed E-state index contributed by atoms with van der Waals surface area (Å²) < 4.78 is 10.6. The van der Waals surface area contributed by atoms with Gasteiger partial charge in [-0.25, -0.2) is 0 Å². The van der Waals surface area contributed by atoms with Crippen LogP contribution in [0.3, 0.4) is 0 Å². The number of hydrogen-bond acceptors (Lipinski definition) is 3. The van der Waals surface area contributed by atoms with Gasteiger partial charge in [0.15, 0.2) is 17.5 Å². The van der Waals surface area contributed by atoms with Gasteiger partial charge in [0, 0.05) is 6.54 Å². The molecule has 0 aliphatic heterocycles. The molecule has 0 saturated carbocycles. The topological polar surface area (TPSA) is 80.4 Å². The standard InChI is InChI=1S/C13H19N3O2/c1-17-11-5-9-3-8(7-16-13(14)15)4-10(9)6-12(11)18-2/h5-6,8H,3-4,7H2,1-2H3,(H4,14,15,16). The third kappa shape index (κ3) is 2.50. The fraction of sp³-hybridized carbons (Fsp3) is 0.462. The van der Waals surface area contributed by atoms with Crippen LogP contribution in [-0.2, 0) is 12.8 Å². The molecule has 5 heteroatoms. The zero-order chi connectivity index (χ0) is 13.1. The van der Waals surface area contributed by atoms with E-state index in [1.165, 1.54) is 11.1 Å². The Hall–Kier alpha value is -1.91. The third-order valence-corrected chi connectivity index (χ3v) is 3.30. The fourth-order valence-corrected chi connectivity index (χ4v) is 2.44. The molecule has 0 atom stereocenters. The zero-order valence-corrected chi connectivity index (χ0v) is 10.7. The van der Waals surface area contributed by atoms with Crippen molar-refractivity contribution in [3.8, 4) is 11.5 Å². The number of guanidine groups is 1. The van der Waals surface area contributed by atoms with Crippen LogP contribution in [0.2, 0.25) is 0 Å². The molecular weight excluding hydrogens is 230 g/mol. The van der Waals surface area contributed by atoms with Crippen molar-refractivity contribution in [2.75, 3.05) is 20.8 Å². The van der Waals surface area contributed by atoms with Crippen molar-refractivity contribution < 1.29 is 9.47 Å². The summed E-state index contributed by atoms with van der Waals surface area (Å²) in [4.78, 5) is 0. The van der Waals surface area contributed by atoms with Crippen LogP contribution in [0, 0.1) is 11.3 Å². The number of ether oxygens (including phenoxy) is 2. The average Bonchev–Trinajstić information content (AvgIpc) is 2.76. The van der Waals surface area contributed by atoms with E-state index < -0.39 is 0 Å². The Morgan fingerprint density at radius 3 is 2.17 bits per heavy atom. The molecule has 1 aromatic rings. The van der Waals surface area contributed by atoms with Crippen LogP contribution in [0.4, 0.5) is 0 Å². The number of methoxy groups -OCH3 is 2. The summed E-state index contributed by atoms with van der Waals surface area (Å²) in [7, 11) is 3.29. The van der Waals surface area contributed by atoms with Gasteiger partial charge in [-0.15, -0.1) is 0 Å². The van der Waals surface area contributed by atoms with Gasteiger partial charge in [0.25, 0.3) is 0 Å². The van der Waals surface area contributed by atoms with Gasteiger partial charge >= 0.3 is 0 Å². The molecule has 2 rings (SSSR count). The number of fused-ring (bicyclic) bond motifs is 1. The number of benzene rings is 1. The Kier molecular flexibility index (Phi) is 3.60. The molecule has 0 saturated heterocycles. The summed E-state index contributed by atoms with van der Waals surface area (Å²) in [5.74, 6) is 2.05. The maximum Gasteiger partial charge on any atom is 0.185 e. The molecule has 0 bridgehead atoms. The molecule has 5 nitrogen and oxygen atoms in total. The lowest BCUT2D eigenvalue weighted by atomic mass is 10.1. The van der Waals surface area contributed by atoms with E-state index in [4.69, 9.17) is 20.6 Å². The lowest BCUT2D eigenvalue weighted by Crippen LogP contribution is -2.34. The molecule has 0 heterocycles. The second kappa shape index (κ2) is 5.16. The maximum absolute atomic E-state index is 7.17. The molecule has 0 unspecified atom stereocenters. The van der Waals surface area contributed by atoms with E-state index in [2.05, 4.69) is 5.32 Å². The van der Waals surface area contributed by atoms with Gasteiger partial charge in [0.2, 0.25) is 0 Å². The van der Waals surface area contributed by atoms with E-state index in [9.17, 15) is 0 Å². The number of nitrogens with two attached hydrogens (primary N) is 1. The third-order valence-electron chi connectivity index (χ3n) is 3.30. The largest absolute Gasteiger partial charge is 0.493 e. The van der Waals surface area contributed by atoms with Crippen molar-refractivity contribution in [1.82, 2.24) is 5.32 Å². The minimum atomic E-state index is 0.0288. The van der Waals surface area contributed by atoms with Crippen LogP contribution in [-0.4, -0.2) is 26.7 Å². The van der Waals surface area contributed by atoms with Gasteiger partial charge in [-0.2, -0.15) is 0 Å². The van der Waals surface area contributed by atoms with Gasteiger partial charge in [0.05, 0.1) is 14.2 Å². The van der Waals surface area contributed by atoms with E-state index in [0.29, 0.717) is 5.92 Å². The Labute approximate surface area is 107 Å². The van der Waals surface area contributed by atoms with Crippen LogP contribution in [0.25, 0.3) is 0 Å². The van der Waals surface area contributed by atoms with Crippen molar-refractivity contribution >= 4 is 5.96 Å². The Bertz CT molecular complexity index is 427. The Morgan fingerprint density at radius 2 is 1.78 bits per heavy atom. The molecule has 0 amide bonds. The SMILES string of the molecule is COc1cc2c(cc1OC)CC(CNC(=N)N)C2. The highest BCUT2D eigenvalue weighted by molar-refractivity contribution is 5.74. The highest BCUT2D eigenvalue weighted by Crippen LogP contribution is 2.36. The molecule has 18 heavy (non-hydrogen) atoms. The summed E-state index contributed by atoms with van der Waals surface area (Å²) in [5, 5.41) is 10.1.